The van der Waals surface area contributed by atoms with Crippen molar-refractivity contribution in [3.8, 4) is 0 Å². The number of rotatable bonds is 5. The molecule has 1 aliphatic rings. The van der Waals surface area contributed by atoms with Gasteiger partial charge in [-0.2, -0.15) is 0 Å². The van der Waals surface area contributed by atoms with E-state index >= 15 is 0 Å². The summed E-state index contributed by atoms with van der Waals surface area (Å²) in [6.45, 7) is 1.91. The van der Waals surface area contributed by atoms with Crippen molar-refractivity contribution in [2.75, 3.05) is 6.54 Å². The molecule has 1 atom stereocenters. The molecule has 3 amide bonds. The van der Waals surface area contributed by atoms with Gasteiger partial charge in [-0.3, -0.25) is 4.79 Å². The Hall–Kier alpha value is -2.04. The second kappa shape index (κ2) is 6.22. The van der Waals surface area contributed by atoms with Gasteiger partial charge in [0.2, 0.25) is 5.91 Å². The molecule has 1 aromatic rings. The number of urea groups is 1. The molecule has 0 heterocycles. The lowest BCUT2D eigenvalue weighted by Gasteiger charge is -2.14. The molecule has 5 heteroatoms. The Labute approximate surface area is 112 Å². The minimum absolute atomic E-state index is 0.00424. The van der Waals surface area contributed by atoms with Crippen LogP contribution in [0.15, 0.2) is 30.3 Å². The van der Waals surface area contributed by atoms with E-state index < -0.39 is 0 Å². The third-order valence-electron chi connectivity index (χ3n) is 3.00. The Bertz CT molecular complexity index is 443. The summed E-state index contributed by atoms with van der Waals surface area (Å²) in [7, 11) is 0. The molecule has 2 rings (SSSR count). The summed E-state index contributed by atoms with van der Waals surface area (Å²) in [4.78, 5) is 23.0. The lowest BCUT2D eigenvalue weighted by molar-refractivity contribution is -0.120. The zero-order valence-electron chi connectivity index (χ0n) is 11.0. The smallest absolute Gasteiger partial charge is 0.315 e. The summed E-state index contributed by atoms with van der Waals surface area (Å²) in [5.41, 5.74) is 1.04. The molecule has 1 aliphatic carbocycles. The van der Waals surface area contributed by atoms with Crippen LogP contribution in [0.25, 0.3) is 0 Å². The highest BCUT2D eigenvalue weighted by atomic mass is 16.2. The predicted octanol–water partition coefficient (Wildman–Crippen LogP) is 1.33. The fraction of sp³-hybridized carbons (Fsp3) is 0.429. The molecule has 0 aromatic heterocycles. The van der Waals surface area contributed by atoms with Crippen molar-refractivity contribution in [2.45, 2.75) is 31.8 Å². The number of hydrogen-bond donors (Lipinski definition) is 3. The topological polar surface area (TPSA) is 70.2 Å². The van der Waals surface area contributed by atoms with E-state index in [2.05, 4.69) is 16.0 Å². The maximum atomic E-state index is 11.7. The first-order valence-electron chi connectivity index (χ1n) is 6.54. The van der Waals surface area contributed by atoms with Gasteiger partial charge in [-0.1, -0.05) is 30.3 Å². The average Bonchev–Trinajstić information content (AvgIpc) is 3.21. The Morgan fingerprint density at radius 3 is 2.58 bits per heavy atom. The van der Waals surface area contributed by atoms with E-state index in [1.165, 1.54) is 0 Å². The van der Waals surface area contributed by atoms with Crippen molar-refractivity contribution in [2.24, 2.45) is 0 Å². The molecule has 0 aliphatic heterocycles. The summed E-state index contributed by atoms with van der Waals surface area (Å²) >= 11 is 0. The minimum atomic E-state index is -0.273. The van der Waals surface area contributed by atoms with Gasteiger partial charge in [0.05, 0.1) is 12.6 Å². The molecule has 0 radical (unpaired) electrons. The lowest BCUT2D eigenvalue weighted by atomic mass is 10.1. The molecule has 5 nitrogen and oxygen atoms in total. The van der Waals surface area contributed by atoms with Crippen LogP contribution in [0.4, 0.5) is 4.79 Å². The van der Waals surface area contributed by atoms with Crippen LogP contribution >= 0.6 is 0 Å². The van der Waals surface area contributed by atoms with Gasteiger partial charge in [0.15, 0.2) is 0 Å². The van der Waals surface area contributed by atoms with Crippen molar-refractivity contribution in [3.63, 3.8) is 0 Å². The van der Waals surface area contributed by atoms with E-state index in [-0.39, 0.29) is 24.5 Å². The van der Waals surface area contributed by atoms with Crippen LogP contribution in [0.2, 0.25) is 0 Å². The summed E-state index contributed by atoms with van der Waals surface area (Å²) in [5, 5.41) is 8.15. The zero-order valence-corrected chi connectivity index (χ0v) is 11.0. The largest absolute Gasteiger partial charge is 0.348 e. The van der Waals surface area contributed by atoms with Gasteiger partial charge < -0.3 is 16.0 Å². The summed E-state index contributed by atoms with van der Waals surface area (Å²) < 4.78 is 0. The van der Waals surface area contributed by atoms with Crippen molar-refractivity contribution in [1.29, 1.82) is 0 Å². The molecular weight excluding hydrogens is 242 g/mol. The van der Waals surface area contributed by atoms with Crippen LogP contribution in [0, 0.1) is 0 Å². The number of hydrogen-bond acceptors (Lipinski definition) is 2. The molecule has 0 saturated heterocycles. The number of carbonyl (C=O) groups excluding carboxylic acids is 2. The predicted molar refractivity (Wildman–Crippen MR) is 72.6 cm³/mol. The van der Waals surface area contributed by atoms with Gasteiger partial charge in [-0.05, 0) is 25.3 Å². The number of nitrogens with one attached hydrogen (secondary N) is 3. The second-order valence-electron chi connectivity index (χ2n) is 4.80. The van der Waals surface area contributed by atoms with Crippen molar-refractivity contribution >= 4 is 11.9 Å². The van der Waals surface area contributed by atoms with Gasteiger partial charge in [0.25, 0.3) is 0 Å². The standard InChI is InChI=1S/C14H19N3O2/c1-10(11-5-3-2-4-6-11)16-13(18)9-15-14(19)17-12-7-8-12/h2-6,10,12H,7-9H2,1H3,(H,16,18)(H2,15,17,19). The van der Waals surface area contributed by atoms with Crippen LogP contribution in [-0.2, 0) is 4.79 Å². The Morgan fingerprint density at radius 2 is 1.95 bits per heavy atom. The van der Waals surface area contributed by atoms with Gasteiger partial charge in [-0.15, -0.1) is 0 Å². The number of benzene rings is 1. The fourth-order valence-corrected chi connectivity index (χ4v) is 1.74. The highest BCUT2D eigenvalue weighted by Crippen LogP contribution is 2.18. The lowest BCUT2D eigenvalue weighted by Crippen LogP contribution is -2.43. The van der Waals surface area contributed by atoms with Gasteiger partial charge in [0.1, 0.15) is 0 Å². The maximum absolute atomic E-state index is 11.7. The van der Waals surface area contributed by atoms with Crippen LogP contribution in [0.5, 0.6) is 0 Å². The van der Waals surface area contributed by atoms with E-state index in [1.807, 2.05) is 37.3 Å². The Morgan fingerprint density at radius 1 is 1.26 bits per heavy atom. The summed E-state index contributed by atoms with van der Waals surface area (Å²) in [6, 6.07) is 9.66. The second-order valence-corrected chi connectivity index (χ2v) is 4.80. The van der Waals surface area contributed by atoms with Gasteiger partial charge in [-0.25, -0.2) is 4.79 Å². The van der Waals surface area contributed by atoms with Gasteiger partial charge >= 0.3 is 6.03 Å². The highest BCUT2D eigenvalue weighted by molar-refractivity contribution is 5.84. The first kappa shape index (κ1) is 13.4. The molecule has 1 saturated carbocycles. The molecule has 1 aromatic carbocycles. The van der Waals surface area contributed by atoms with E-state index in [0.717, 1.165) is 18.4 Å². The van der Waals surface area contributed by atoms with Gasteiger partial charge in [0, 0.05) is 6.04 Å². The molecule has 102 valence electrons. The number of amides is 3. The van der Waals surface area contributed by atoms with Crippen LogP contribution in [0.1, 0.15) is 31.4 Å². The quantitative estimate of drug-likeness (QED) is 0.748. The third-order valence-corrected chi connectivity index (χ3v) is 3.00. The van der Waals surface area contributed by atoms with E-state index in [0.29, 0.717) is 6.04 Å². The molecular formula is C14H19N3O2. The highest BCUT2D eigenvalue weighted by Gasteiger charge is 2.23. The zero-order chi connectivity index (χ0) is 13.7. The van der Waals surface area contributed by atoms with E-state index in [4.69, 9.17) is 0 Å². The minimum Gasteiger partial charge on any atom is -0.348 e. The van der Waals surface area contributed by atoms with E-state index in [1.54, 1.807) is 0 Å². The molecule has 1 fully saturated rings. The summed E-state index contributed by atoms with van der Waals surface area (Å²) in [6.07, 6.45) is 2.06. The normalized spacial score (nSPS) is 15.4. The average molecular weight is 261 g/mol. The summed E-state index contributed by atoms with van der Waals surface area (Å²) in [5.74, 6) is -0.192. The molecule has 19 heavy (non-hydrogen) atoms. The maximum Gasteiger partial charge on any atom is 0.315 e. The number of carbonyl (C=O) groups is 2. The van der Waals surface area contributed by atoms with E-state index in [9.17, 15) is 9.59 Å². The molecule has 0 spiro atoms. The van der Waals surface area contributed by atoms with Crippen molar-refractivity contribution < 1.29 is 9.59 Å². The molecule has 3 N–H and O–H groups in total. The Balaban J connectivity index is 1.70. The first-order chi connectivity index (χ1) is 9.15. The first-order valence-corrected chi connectivity index (χ1v) is 6.54. The molecule has 1 unspecified atom stereocenters. The van der Waals surface area contributed by atoms with Crippen molar-refractivity contribution in [3.05, 3.63) is 35.9 Å². The van der Waals surface area contributed by atoms with Crippen LogP contribution < -0.4 is 16.0 Å². The Kier molecular flexibility index (Phi) is 4.39. The van der Waals surface area contributed by atoms with Crippen molar-refractivity contribution in [1.82, 2.24) is 16.0 Å². The SMILES string of the molecule is CC(NC(=O)CNC(=O)NC1CC1)c1ccccc1. The monoisotopic (exact) mass is 261 g/mol. The van der Waals surface area contributed by atoms with Crippen LogP contribution in [-0.4, -0.2) is 24.5 Å². The fourth-order valence-electron chi connectivity index (χ4n) is 1.74. The third kappa shape index (κ3) is 4.62. The van der Waals surface area contributed by atoms with Crippen LogP contribution in [0.3, 0.4) is 0 Å². The molecule has 0 bridgehead atoms.